The Kier molecular flexibility index (Phi) is 8.43. The highest BCUT2D eigenvalue weighted by molar-refractivity contribution is 7.85. The fourth-order valence-corrected chi connectivity index (χ4v) is 2.98. The van der Waals surface area contributed by atoms with Gasteiger partial charge in [0.15, 0.2) is 0 Å². The number of hydrogen-bond acceptors (Lipinski definition) is 3. The predicted octanol–water partition coefficient (Wildman–Crippen LogP) is 0.894. The van der Waals surface area contributed by atoms with Gasteiger partial charge in [-0.1, -0.05) is 20.3 Å². The maximum atomic E-state index is 11.8. The first kappa shape index (κ1) is 16.6. The first-order valence-corrected chi connectivity index (χ1v) is 7.71. The van der Waals surface area contributed by atoms with Crippen molar-refractivity contribution in [2.75, 3.05) is 18.6 Å². The summed E-state index contributed by atoms with van der Waals surface area (Å²) in [5.41, 5.74) is 0. The third-order valence-corrected chi connectivity index (χ3v) is 4.12. The highest BCUT2D eigenvalue weighted by Gasteiger charge is 2.18. The van der Waals surface area contributed by atoms with Crippen LogP contribution in [0.5, 0.6) is 0 Å². The quantitative estimate of drug-likeness (QED) is 0.683. The van der Waals surface area contributed by atoms with E-state index in [9.17, 15) is 9.00 Å². The second-order valence-electron chi connectivity index (χ2n) is 4.75. The minimum Gasteiger partial charge on any atom is -0.353 e. The molecule has 0 rings (SSSR count). The van der Waals surface area contributed by atoms with Crippen LogP contribution < -0.4 is 10.6 Å². The topological polar surface area (TPSA) is 58.2 Å². The molecule has 0 aromatic rings. The second-order valence-corrected chi connectivity index (χ2v) is 6.26. The average Bonchev–Trinajstić information content (AvgIpc) is 2.23. The molecular weight excluding hydrogens is 236 g/mol. The summed E-state index contributed by atoms with van der Waals surface area (Å²) in [6.07, 6.45) is 1.04. The molecule has 0 aliphatic heterocycles. The predicted molar refractivity (Wildman–Crippen MR) is 73.5 cm³/mol. The first-order valence-electron chi connectivity index (χ1n) is 6.22. The summed E-state index contributed by atoms with van der Waals surface area (Å²) in [4.78, 5) is 11.4. The zero-order valence-corrected chi connectivity index (χ0v) is 12.4. The summed E-state index contributed by atoms with van der Waals surface area (Å²) in [6.45, 7) is 8.04. The molecule has 0 radical (unpaired) electrons. The summed E-state index contributed by atoms with van der Waals surface area (Å²) < 4.78 is 11.8. The van der Waals surface area contributed by atoms with Gasteiger partial charge in [-0.2, -0.15) is 0 Å². The summed E-state index contributed by atoms with van der Waals surface area (Å²) >= 11 is 0. The molecule has 0 spiro atoms. The minimum atomic E-state index is -1.09. The normalized spacial score (nSPS) is 16.6. The van der Waals surface area contributed by atoms with Gasteiger partial charge in [-0.15, -0.1) is 0 Å². The molecule has 4 nitrogen and oxygen atoms in total. The van der Waals surface area contributed by atoms with E-state index in [1.54, 1.807) is 0 Å². The zero-order valence-electron chi connectivity index (χ0n) is 11.6. The van der Waals surface area contributed by atoms with E-state index >= 15 is 0 Å². The molecule has 3 atom stereocenters. The Morgan fingerprint density at radius 2 is 1.88 bits per heavy atom. The molecule has 0 aromatic carbocycles. The van der Waals surface area contributed by atoms with Crippen molar-refractivity contribution in [1.29, 1.82) is 0 Å². The van der Waals surface area contributed by atoms with Gasteiger partial charge < -0.3 is 10.6 Å². The molecule has 0 aromatic heterocycles. The van der Waals surface area contributed by atoms with Gasteiger partial charge in [0.05, 0.1) is 0 Å². The van der Waals surface area contributed by atoms with Crippen LogP contribution in [0.2, 0.25) is 0 Å². The van der Waals surface area contributed by atoms with Crippen molar-refractivity contribution >= 4 is 16.7 Å². The van der Waals surface area contributed by atoms with E-state index in [-0.39, 0.29) is 23.7 Å². The summed E-state index contributed by atoms with van der Waals surface area (Å²) in [6, 6.07) is 0.321. The van der Waals surface area contributed by atoms with Gasteiger partial charge in [-0.05, 0) is 26.8 Å². The first-order chi connectivity index (χ1) is 7.90. The van der Waals surface area contributed by atoms with Gasteiger partial charge in [-0.3, -0.25) is 9.00 Å². The fraction of sp³-hybridized carbons (Fsp3) is 0.917. The van der Waals surface area contributed by atoms with Crippen molar-refractivity contribution < 1.29 is 9.00 Å². The van der Waals surface area contributed by atoms with Crippen molar-refractivity contribution in [3.63, 3.8) is 0 Å². The van der Waals surface area contributed by atoms with E-state index < -0.39 is 10.8 Å². The maximum Gasteiger partial charge on any atom is 0.232 e. The van der Waals surface area contributed by atoms with Gasteiger partial charge >= 0.3 is 0 Å². The average molecular weight is 262 g/mol. The van der Waals surface area contributed by atoms with Crippen molar-refractivity contribution in [1.82, 2.24) is 10.6 Å². The van der Waals surface area contributed by atoms with Crippen LogP contribution in [0.15, 0.2) is 0 Å². The lowest BCUT2D eigenvalue weighted by atomic mass is 10.0. The third kappa shape index (κ3) is 7.49. The highest BCUT2D eigenvalue weighted by atomic mass is 32.2. The number of rotatable bonds is 8. The Labute approximate surface area is 107 Å². The van der Waals surface area contributed by atoms with E-state index in [0.717, 1.165) is 6.42 Å². The van der Waals surface area contributed by atoms with Crippen LogP contribution in [0, 0.1) is 5.92 Å². The molecule has 0 fully saturated rings. The summed E-state index contributed by atoms with van der Waals surface area (Å²) in [7, 11) is 0.784. The van der Waals surface area contributed by atoms with Crippen molar-refractivity contribution in [3.8, 4) is 0 Å². The Bertz CT molecular complexity index is 257. The van der Waals surface area contributed by atoms with Crippen LogP contribution in [-0.4, -0.2) is 40.8 Å². The SMILES string of the molecule is CCC(C)C(CS(=O)CC(=O)NC(C)C)NC. The van der Waals surface area contributed by atoms with E-state index in [0.29, 0.717) is 11.7 Å². The number of carbonyl (C=O) groups is 1. The van der Waals surface area contributed by atoms with E-state index in [4.69, 9.17) is 0 Å². The van der Waals surface area contributed by atoms with E-state index in [1.165, 1.54) is 0 Å². The molecule has 5 heteroatoms. The smallest absolute Gasteiger partial charge is 0.232 e. The molecule has 0 bridgehead atoms. The molecular formula is C12H26N2O2S. The van der Waals surface area contributed by atoms with E-state index in [1.807, 2.05) is 20.9 Å². The molecule has 0 heterocycles. The lowest BCUT2D eigenvalue weighted by Gasteiger charge is -2.21. The van der Waals surface area contributed by atoms with Crippen molar-refractivity contribution in [2.45, 2.75) is 46.2 Å². The van der Waals surface area contributed by atoms with Crippen LogP contribution in [0.25, 0.3) is 0 Å². The molecule has 17 heavy (non-hydrogen) atoms. The zero-order chi connectivity index (χ0) is 13.4. The van der Waals surface area contributed by atoms with Crippen LogP contribution in [0.4, 0.5) is 0 Å². The van der Waals surface area contributed by atoms with Crippen molar-refractivity contribution in [2.24, 2.45) is 5.92 Å². The number of nitrogens with one attached hydrogen (secondary N) is 2. The largest absolute Gasteiger partial charge is 0.353 e. The molecule has 102 valence electrons. The summed E-state index contributed by atoms with van der Waals surface area (Å²) in [5.74, 6) is 0.985. The minimum absolute atomic E-state index is 0.104. The van der Waals surface area contributed by atoms with Gasteiger partial charge in [0.25, 0.3) is 0 Å². The van der Waals surface area contributed by atoms with Gasteiger partial charge in [-0.25, -0.2) is 0 Å². The standard InChI is InChI=1S/C12H26N2O2S/c1-6-10(4)11(13-5)7-17(16)8-12(15)14-9(2)3/h9-11,13H,6-8H2,1-5H3,(H,14,15). The molecule has 0 aliphatic carbocycles. The monoisotopic (exact) mass is 262 g/mol. The van der Waals surface area contributed by atoms with Crippen LogP contribution >= 0.6 is 0 Å². The third-order valence-electron chi connectivity index (χ3n) is 2.81. The fourth-order valence-electron chi connectivity index (χ4n) is 1.59. The van der Waals surface area contributed by atoms with Crippen LogP contribution in [0.1, 0.15) is 34.1 Å². The Hall–Kier alpha value is -0.420. The highest BCUT2D eigenvalue weighted by Crippen LogP contribution is 2.08. The number of carbonyl (C=O) groups excluding carboxylic acids is 1. The Balaban J connectivity index is 4.11. The lowest BCUT2D eigenvalue weighted by Crippen LogP contribution is -2.40. The number of amides is 1. The molecule has 1 amide bonds. The second kappa shape index (κ2) is 8.64. The maximum absolute atomic E-state index is 11.8. The van der Waals surface area contributed by atoms with Gasteiger partial charge in [0.2, 0.25) is 5.91 Å². The van der Waals surface area contributed by atoms with Gasteiger partial charge in [0, 0.05) is 28.6 Å². The molecule has 3 unspecified atom stereocenters. The molecule has 2 N–H and O–H groups in total. The molecule has 0 aliphatic rings. The number of hydrogen-bond donors (Lipinski definition) is 2. The summed E-state index contributed by atoms with van der Waals surface area (Å²) in [5, 5.41) is 5.93. The van der Waals surface area contributed by atoms with E-state index in [2.05, 4.69) is 24.5 Å². The van der Waals surface area contributed by atoms with Crippen LogP contribution in [0.3, 0.4) is 0 Å². The lowest BCUT2D eigenvalue weighted by molar-refractivity contribution is -0.119. The van der Waals surface area contributed by atoms with Gasteiger partial charge in [0.1, 0.15) is 5.75 Å². The van der Waals surface area contributed by atoms with Crippen LogP contribution in [-0.2, 0) is 15.6 Å². The molecule has 0 saturated carbocycles. The Morgan fingerprint density at radius 3 is 2.29 bits per heavy atom. The Morgan fingerprint density at radius 1 is 1.29 bits per heavy atom. The van der Waals surface area contributed by atoms with Crippen molar-refractivity contribution in [3.05, 3.63) is 0 Å². The molecule has 0 saturated heterocycles.